The Balaban J connectivity index is 2.20. The zero-order valence-corrected chi connectivity index (χ0v) is 8.74. The summed E-state index contributed by atoms with van der Waals surface area (Å²) in [7, 11) is 0. The molecule has 0 amide bonds. The number of fused-ring (bicyclic) bond motifs is 1. The largest absolute Gasteiger partial charge is 0.409 e. The first-order chi connectivity index (χ1) is 7.29. The molecule has 0 bridgehead atoms. The SMILES string of the molecule is N/C(Cc1ccc2c(c1)CCCC2)=N\O. The van der Waals surface area contributed by atoms with Crippen LogP contribution in [0.1, 0.15) is 29.5 Å². The highest BCUT2D eigenvalue weighted by Crippen LogP contribution is 2.22. The smallest absolute Gasteiger partial charge is 0.143 e. The second kappa shape index (κ2) is 4.34. The van der Waals surface area contributed by atoms with E-state index in [-0.39, 0.29) is 5.84 Å². The highest BCUT2D eigenvalue weighted by Gasteiger charge is 2.09. The molecule has 0 aliphatic heterocycles. The van der Waals surface area contributed by atoms with Crippen molar-refractivity contribution in [3.8, 4) is 0 Å². The molecule has 3 N–H and O–H groups in total. The van der Waals surface area contributed by atoms with Gasteiger partial charge in [0.15, 0.2) is 0 Å². The lowest BCUT2D eigenvalue weighted by molar-refractivity contribution is 0.317. The van der Waals surface area contributed by atoms with Gasteiger partial charge in [-0.2, -0.15) is 0 Å². The molecule has 0 atom stereocenters. The number of rotatable bonds is 2. The summed E-state index contributed by atoms with van der Waals surface area (Å²) in [5, 5.41) is 11.5. The van der Waals surface area contributed by atoms with Gasteiger partial charge in [-0.25, -0.2) is 0 Å². The Morgan fingerprint density at radius 1 is 1.27 bits per heavy atom. The number of nitrogens with two attached hydrogens (primary N) is 1. The van der Waals surface area contributed by atoms with E-state index < -0.39 is 0 Å². The molecule has 1 aromatic carbocycles. The predicted molar refractivity (Wildman–Crippen MR) is 60.2 cm³/mol. The molecule has 0 heterocycles. The van der Waals surface area contributed by atoms with Crippen molar-refractivity contribution in [1.82, 2.24) is 0 Å². The van der Waals surface area contributed by atoms with Gasteiger partial charge in [0.25, 0.3) is 0 Å². The number of benzene rings is 1. The molecule has 80 valence electrons. The van der Waals surface area contributed by atoms with Crippen molar-refractivity contribution in [3.05, 3.63) is 34.9 Å². The molecule has 1 aliphatic rings. The van der Waals surface area contributed by atoms with E-state index in [4.69, 9.17) is 10.9 Å². The van der Waals surface area contributed by atoms with Gasteiger partial charge in [-0.15, -0.1) is 0 Å². The molecule has 0 aromatic heterocycles. The van der Waals surface area contributed by atoms with E-state index in [0.29, 0.717) is 6.42 Å². The molecule has 0 spiro atoms. The van der Waals surface area contributed by atoms with Gasteiger partial charge < -0.3 is 10.9 Å². The topological polar surface area (TPSA) is 58.6 Å². The van der Waals surface area contributed by atoms with Crippen LogP contribution < -0.4 is 5.73 Å². The van der Waals surface area contributed by atoms with Crippen molar-refractivity contribution in [3.63, 3.8) is 0 Å². The van der Waals surface area contributed by atoms with Crippen LogP contribution in [-0.2, 0) is 19.3 Å². The lowest BCUT2D eigenvalue weighted by Crippen LogP contribution is -2.15. The molecule has 0 unspecified atom stereocenters. The summed E-state index contributed by atoms with van der Waals surface area (Å²) in [4.78, 5) is 0. The van der Waals surface area contributed by atoms with E-state index in [1.165, 1.54) is 36.8 Å². The molecule has 0 fully saturated rings. The Morgan fingerprint density at radius 3 is 2.73 bits per heavy atom. The van der Waals surface area contributed by atoms with E-state index in [1.807, 2.05) is 0 Å². The Hall–Kier alpha value is -1.51. The number of amidine groups is 1. The standard InChI is InChI=1S/C12H16N2O/c13-12(14-15)8-9-5-6-10-3-1-2-4-11(10)7-9/h5-7,15H,1-4,8H2,(H2,13,14). The fraction of sp³-hybridized carbons (Fsp3) is 0.417. The molecule has 3 nitrogen and oxygen atoms in total. The van der Waals surface area contributed by atoms with Crippen LogP contribution in [0.25, 0.3) is 0 Å². The molecule has 15 heavy (non-hydrogen) atoms. The molecular weight excluding hydrogens is 188 g/mol. The minimum absolute atomic E-state index is 0.269. The highest BCUT2D eigenvalue weighted by molar-refractivity contribution is 5.82. The van der Waals surface area contributed by atoms with Crippen molar-refractivity contribution in [2.45, 2.75) is 32.1 Å². The Kier molecular flexibility index (Phi) is 2.90. The summed E-state index contributed by atoms with van der Waals surface area (Å²) in [5.74, 6) is 0.269. The summed E-state index contributed by atoms with van der Waals surface area (Å²) in [6.45, 7) is 0. The maximum atomic E-state index is 8.50. The van der Waals surface area contributed by atoms with Crippen molar-refractivity contribution < 1.29 is 5.21 Å². The van der Waals surface area contributed by atoms with Crippen molar-refractivity contribution in [2.75, 3.05) is 0 Å². The van der Waals surface area contributed by atoms with E-state index in [9.17, 15) is 0 Å². The van der Waals surface area contributed by atoms with E-state index in [1.54, 1.807) is 0 Å². The van der Waals surface area contributed by atoms with Gasteiger partial charge in [0.1, 0.15) is 5.84 Å². The van der Waals surface area contributed by atoms with Crippen LogP contribution in [0.3, 0.4) is 0 Å². The number of aryl methyl sites for hydroxylation is 2. The second-order valence-corrected chi connectivity index (χ2v) is 4.08. The van der Waals surface area contributed by atoms with Crippen LogP contribution in [0.15, 0.2) is 23.4 Å². The molecular formula is C12H16N2O. The molecule has 1 aromatic rings. The van der Waals surface area contributed by atoms with Crippen LogP contribution in [-0.4, -0.2) is 11.0 Å². The van der Waals surface area contributed by atoms with Gasteiger partial charge in [0.2, 0.25) is 0 Å². The summed E-state index contributed by atoms with van der Waals surface area (Å²) >= 11 is 0. The van der Waals surface area contributed by atoms with Crippen LogP contribution in [0.2, 0.25) is 0 Å². The second-order valence-electron chi connectivity index (χ2n) is 4.08. The van der Waals surface area contributed by atoms with Gasteiger partial charge in [-0.05, 0) is 42.4 Å². The minimum Gasteiger partial charge on any atom is -0.409 e. The molecule has 2 rings (SSSR count). The van der Waals surface area contributed by atoms with Gasteiger partial charge >= 0.3 is 0 Å². The maximum Gasteiger partial charge on any atom is 0.143 e. The van der Waals surface area contributed by atoms with Crippen LogP contribution in [0.4, 0.5) is 0 Å². The first-order valence-electron chi connectivity index (χ1n) is 5.36. The van der Waals surface area contributed by atoms with Crippen molar-refractivity contribution >= 4 is 5.84 Å². The summed E-state index contributed by atoms with van der Waals surface area (Å²) in [6.07, 6.45) is 5.47. The average molecular weight is 204 g/mol. The third kappa shape index (κ3) is 2.29. The number of oxime groups is 1. The van der Waals surface area contributed by atoms with Gasteiger partial charge in [0, 0.05) is 6.42 Å². The normalized spacial score (nSPS) is 16.1. The average Bonchev–Trinajstić information content (AvgIpc) is 2.29. The zero-order valence-electron chi connectivity index (χ0n) is 8.74. The van der Waals surface area contributed by atoms with E-state index in [0.717, 1.165) is 5.56 Å². The first kappa shape index (κ1) is 10.0. The number of nitrogens with zero attached hydrogens (tertiary/aromatic N) is 1. The van der Waals surface area contributed by atoms with Crippen molar-refractivity contribution in [2.24, 2.45) is 10.9 Å². The predicted octanol–water partition coefficient (Wildman–Crippen LogP) is 1.85. The fourth-order valence-corrected chi connectivity index (χ4v) is 2.14. The summed E-state index contributed by atoms with van der Waals surface area (Å²) < 4.78 is 0. The minimum atomic E-state index is 0.269. The molecule has 0 radical (unpaired) electrons. The number of hydrogen-bond acceptors (Lipinski definition) is 2. The van der Waals surface area contributed by atoms with Gasteiger partial charge in [-0.3, -0.25) is 0 Å². The number of hydrogen-bond donors (Lipinski definition) is 2. The molecule has 1 aliphatic carbocycles. The summed E-state index contributed by atoms with van der Waals surface area (Å²) in [6, 6.07) is 6.43. The first-order valence-corrected chi connectivity index (χ1v) is 5.36. The fourth-order valence-electron chi connectivity index (χ4n) is 2.14. The summed E-state index contributed by atoms with van der Waals surface area (Å²) in [5.41, 5.74) is 9.51. The van der Waals surface area contributed by atoms with E-state index >= 15 is 0 Å². The quantitative estimate of drug-likeness (QED) is 0.334. The van der Waals surface area contributed by atoms with E-state index in [2.05, 4.69) is 23.4 Å². The third-order valence-corrected chi connectivity index (χ3v) is 2.93. The Bertz CT molecular complexity index is 385. The lowest BCUT2D eigenvalue weighted by atomic mass is 9.90. The molecule has 0 saturated heterocycles. The van der Waals surface area contributed by atoms with Gasteiger partial charge in [0.05, 0.1) is 0 Å². The molecule has 3 heteroatoms. The molecule has 0 saturated carbocycles. The Labute approximate surface area is 89.6 Å². The monoisotopic (exact) mass is 204 g/mol. The highest BCUT2D eigenvalue weighted by atomic mass is 16.4. The zero-order chi connectivity index (χ0) is 10.7. The Morgan fingerprint density at radius 2 is 2.00 bits per heavy atom. The van der Waals surface area contributed by atoms with Crippen LogP contribution in [0, 0.1) is 0 Å². The lowest BCUT2D eigenvalue weighted by Gasteiger charge is -2.16. The van der Waals surface area contributed by atoms with Gasteiger partial charge in [-0.1, -0.05) is 23.4 Å². The van der Waals surface area contributed by atoms with Crippen molar-refractivity contribution in [1.29, 1.82) is 0 Å². The third-order valence-electron chi connectivity index (χ3n) is 2.93. The van der Waals surface area contributed by atoms with Crippen LogP contribution in [0.5, 0.6) is 0 Å². The van der Waals surface area contributed by atoms with Crippen LogP contribution >= 0.6 is 0 Å². The maximum absolute atomic E-state index is 8.50.